The highest BCUT2D eigenvalue weighted by molar-refractivity contribution is 4.90. The van der Waals surface area contributed by atoms with Gasteiger partial charge in [-0.25, -0.2) is 0 Å². The van der Waals surface area contributed by atoms with Crippen LogP contribution in [-0.4, -0.2) is 36.6 Å². The van der Waals surface area contributed by atoms with E-state index in [-0.39, 0.29) is 0 Å². The highest BCUT2D eigenvalue weighted by atomic mass is 15.2. The standard InChI is InChI=1S/C15H30N2/c1-4-12(2)13(3)17(15-7-8-15)11-14-6-5-9-16-10-14/h12-16H,4-11H2,1-3H3. The van der Waals surface area contributed by atoms with E-state index in [9.17, 15) is 0 Å². The van der Waals surface area contributed by atoms with Crippen molar-refractivity contribution in [2.24, 2.45) is 11.8 Å². The second kappa shape index (κ2) is 6.19. The first-order chi connectivity index (χ1) is 8.22. The van der Waals surface area contributed by atoms with Gasteiger partial charge in [-0.2, -0.15) is 0 Å². The molecule has 1 saturated heterocycles. The molecule has 0 amide bonds. The van der Waals surface area contributed by atoms with Crippen LogP contribution in [0.15, 0.2) is 0 Å². The quantitative estimate of drug-likeness (QED) is 0.765. The minimum Gasteiger partial charge on any atom is -0.316 e. The molecule has 1 aliphatic heterocycles. The predicted octanol–water partition coefficient (Wildman–Crippen LogP) is 2.89. The minimum atomic E-state index is 0.773. The molecule has 3 unspecified atom stereocenters. The third-order valence-corrected chi connectivity index (χ3v) is 4.87. The Morgan fingerprint density at radius 3 is 2.53 bits per heavy atom. The SMILES string of the molecule is CCC(C)C(C)N(CC1CCCNC1)C1CC1. The maximum Gasteiger partial charge on any atom is 0.00994 e. The van der Waals surface area contributed by atoms with Gasteiger partial charge in [-0.15, -0.1) is 0 Å². The summed E-state index contributed by atoms with van der Waals surface area (Å²) >= 11 is 0. The van der Waals surface area contributed by atoms with Crippen LogP contribution >= 0.6 is 0 Å². The summed E-state index contributed by atoms with van der Waals surface area (Å²) in [4.78, 5) is 2.83. The van der Waals surface area contributed by atoms with E-state index in [1.807, 2.05) is 0 Å². The maximum atomic E-state index is 3.55. The molecule has 2 nitrogen and oxygen atoms in total. The van der Waals surface area contributed by atoms with Crippen molar-refractivity contribution in [3.8, 4) is 0 Å². The summed E-state index contributed by atoms with van der Waals surface area (Å²) in [7, 11) is 0. The van der Waals surface area contributed by atoms with Crippen molar-refractivity contribution in [3.05, 3.63) is 0 Å². The van der Waals surface area contributed by atoms with Gasteiger partial charge in [0.25, 0.3) is 0 Å². The summed E-state index contributed by atoms with van der Waals surface area (Å²) in [5.74, 6) is 1.74. The first kappa shape index (κ1) is 13.4. The Kier molecular flexibility index (Phi) is 4.87. The monoisotopic (exact) mass is 238 g/mol. The topological polar surface area (TPSA) is 15.3 Å². The highest BCUT2D eigenvalue weighted by Gasteiger charge is 2.35. The van der Waals surface area contributed by atoms with E-state index in [2.05, 4.69) is 31.0 Å². The molecule has 2 fully saturated rings. The smallest absolute Gasteiger partial charge is 0.00994 e. The van der Waals surface area contributed by atoms with Gasteiger partial charge in [0, 0.05) is 18.6 Å². The molecule has 1 N–H and O–H groups in total. The van der Waals surface area contributed by atoms with Gasteiger partial charge in [0.15, 0.2) is 0 Å². The van der Waals surface area contributed by atoms with E-state index in [1.54, 1.807) is 0 Å². The highest BCUT2D eigenvalue weighted by Crippen LogP contribution is 2.32. The van der Waals surface area contributed by atoms with Gasteiger partial charge >= 0.3 is 0 Å². The lowest BCUT2D eigenvalue weighted by atomic mass is 9.95. The molecule has 100 valence electrons. The van der Waals surface area contributed by atoms with Gasteiger partial charge in [0.05, 0.1) is 0 Å². The summed E-state index contributed by atoms with van der Waals surface area (Å²) in [5, 5.41) is 3.55. The van der Waals surface area contributed by atoms with Gasteiger partial charge in [-0.3, -0.25) is 4.90 Å². The van der Waals surface area contributed by atoms with Crippen LogP contribution in [-0.2, 0) is 0 Å². The molecule has 17 heavy (non-hydrogen) atoms. The first-order valence-corrected chi connectivity index (χ1v) is 7.68. The fraction of sp³-hybridized carbons (Fsp3) is 1.00. The molecule has 3 atom stereocenters. The van der Waals surface area contributed by atoms with Crippen LogP contribution in [0.2, 0.25) is 0 Å². The van der Waals surface area contributed by atoms with Crippen molar-refractivity contribution in [2.45, 2.75) is 65.0 Å². The molecule has 1 aliphatic carbocycles. The molecule has 0 aromatic rings. The summed E-state index contributed by atoms with van der Waals surface area (Å²) < 4.78 is 0. The molecule has 0 radical (unpaired) electrons. The second-order valence-corrected chi connectivity index (χ2v) is 6.27. The van der Waals surface area contributed by atoms with Crippen LogP contribution < -0.4 is 5.32 Å². The van der Waals surface area contributed by atoms with Crippen molar-refractivity contribution in [3.63, 3.8) is 0 Å². The summed E-state index contributed by atoms with van der Waals surface area (Å²) in [5.41, 5.74) is 0. The van der Waals surface area contributed by atoms with Crippen LogP contribution in [0.4, 0.5) is 0 Å². The van der Waals surface area contributed by atoms with Crippen molar-refractivity contribution < 1.29 is 0 Å². The number of nitrogens with zero attached hydrogens (tertiary/aromatic N) is 1. The zero-order chi connectivity index (χ0) is 12.3. The molecule has 1 saturated carbocycles. The van der Waals surface area contributed by atoms with Crippen LogP contribution in [0.3, 0.4) is 0 Å². The Morgan fingerprint density at radius 1 is 1.24 bits per heavy atom. The number of piperidine rings is 1. The van der Waals surface area contributed by atoms with Crippen molar-refractivity contribution >= 4 is 0 Å². The van der Waals surface area contributed by atoms with Crippen LogP contribution in [0.25, 0.3) is 0 Å². The average Bonchev–Trinajstić information content (AvgIpc) is 3.19. The van der Waals surface area contributed by atoms with E-state index in [0.717, 1.165) is 23.9 Å². The second-order valence-electron chi connectivity index (χ2n) is 6.27. The fourth-order valence-corrected chi connectivity index (χ4v) is 3.10. The Hall–Kier alpha value is -0.0800. The zero-order valence-corrected chi connectivity index (χ0v) is 11.9. The summed E-state index contributed by atoms with van der Waals surface area (Å²) in [6.45, 7) is 11.0. The molecule has 0 aromatic heterocycles. The lowest BCUT2D eigenvalue weighted by Crippen LogP contribution is -2.45. The van der Waals surface area contributed by atoms with E-state index in [4.69, 9.17) is 0 Å². The molecule has 2 heteroatoms. The molecule has 0 spiro atoms. The Balaban J connectivity index is 1.87. The first-order valence-electron chi connectivity index (χ1n) is 7.68. The zero-order valence-electron chi connectivity index (χ0n) is 11.9. The fourth-order valence-electron chi connectivity index (χ4n) is 3.10. The Labute approximate surface area is 107 Å². The van der Waals surface area contributed by atoms with E-state index in [0.29, 0.717) is 0 Å². The van der Waals surface area contributed by atoms with E-state index >= 15 is 0 Å². The number of rotatable bonds is 6. The van der Waals surface area contributed by atoms with Gasteiger partial charge in [0.1, 0.15) is 0 Å². The van der Waals surface area contributed by atoms with Gasteiger partial charge in [0.2, 0.25) is 0 Å². The molecule has 1 heterocycles. The third kappa shape index (κ3) is 3.69. The molecular weight excluding hydrogens is 208 g/mol. The normalized spacial score (nSPS) is 29.3. The van der Waals surface area contributed by atoms with Crippen molar-refractivity contribution in [1.29, 1.82) is 0 Å². The summed E-state index contributed by atoms with van der Waals surface area (Å²) in [6.07, 6.45) is 7.01. The van der Waals surface area contributed by atoms with Gasteiger partial charge in [-0.1, -0.05) is 20.3 Å². The van der Waals surface area contributed by atoms with Crippen molar-refractivity contribution in [2.75, 3.05) is 19.6 Å². The van der Waals surface area contributed by atoms with Crippen LogP contribution in [0.5, 0.6) is 0 Å². The minimum absolute atomic E-state index is 0.773. The molecule has 2 rings (SSSR count). The van der Waals surface area contributed by atoms with E-state index < -0.39 is 0 Å². The van der Waals surface area contributed by atoms with Crippen LogP contribution in [0, 0.1) is 11.8 Å². The van der Waals surface area contributed by atoms with Gasteiger partial charge < -0.3 is 5.32 Å². The van der Waals surface area contributed by atoms with E-state index in [1.165, 1.54) is 51.7 Å². The Bertz CT molecular complexity index is 219. The third-order valence-electron chi connectivity index (χ3n) is 4.87. The van der Waals surface area contributed by atoms with Crippen molar-refractivity contribution in [1.82, 2.24) is 10.2 Å². The lowest BCUT2D eigenvalue weighted by Gasteiger charge is -2.37. The summed E-state index contributed by atoms with van der Waals surface area (Å²) in [6, 6.07) is 1.69. The van der Waals surface area contributed by atoms with Crippen LogP contribution in [0.1, 0.15) is 52.9 Å². The Morgan fingerprint density at radius 2 is 2.00 bits per heavy atom. The number of hydrogen-bond donors (Lipinski definition) is 1. The lowest BCUT2D eigenvalue weighted by molar-refractivity contribution is 0.118. The number of hydrogen-bond acceptors (Lipinski definition) is 2. The molecular formula is C15H30N2. The molecule has 0 bridgehead atoms. The molecule has 2 aliphatic rings. The van der Waals surface area contributed by atoms with Gasteiger partial charge in [-0.05, 0) is 57.5 Å². The average molecular weight is 238 g/mol. The molecule has 0 aromatic carbocycles. The maximum absolute atomic E-state index is 3.55. The predicted molar refractivity (Wildman–Crippen MR) is 74.2 cm³/mol. The number of nitrogens with one attached hydrogen (secondary N) is 1. The largest absolute Gasteiger partial charge is 0.316 e.